The minimum atomic E-state index is -0.357. The minimum Gasteiger partial charge on any atom is -0.366 e. The first-order valence-corrected chi connectivity index (χ1v) is 7.04. The Kier molecular flexibility index (Phi) is 4.93. The quantitative estimate of drug-likeness (QED) is 0.841. The normalized spacial score (nSPS) is 19.6. The predicted molar refractivity (Wildman–Crippen MR) is 76.9 cm³/mol. The van der Waals surface area contributed by atoms with E-state index in [9.17, 15) is 4.79 Å². The van der Waals surface area contributed by atoms with Gasteiger partial charge >= 0.3 is 0 Å². The summed E-state index contributed by atoms with van der Waals surface area (Å²) in [6, 6.07) is 8.23. The number of nitrogens with zero attached hydrogens (tertiary/aromatic N) is 1. The fourth-order valence-corrected chi connectivity index (χ4v) is 2.70. The minimum absolute atomic E-state index is 0.357. The van der Waals surface area contributed by atoms with Crippen molar-refractivity contribution >= 4 is 5.91 Å². The molecular formula is C15H23N3O. The number of nitrogens with two attached hydrogens (primary N) is 1. The number of piperidine rings is 1. The number of hydrogen-bond donors (Lipinski definition) is 2. The van der Waals surface area contributed by atoms with E-state index < -0.39 is 0 Å². The molecule has 0 saturated carbocycles. The molecule has 0 spiro atoms. The summed E-state index contributed by atoms with van der Waals surface area (Å²) in [6.07, 6.45) is 2.48. The molecule has 2 rings (SSSR count). The summed E-state index contributed by atoms with van der Waals surface area (Å²) < 4.78 is 0. The lowest BCUT2D eigenvalue weighted by atomic mass is 10.0. The molecule has 1 unspecified atom stereocenters. The summed E-state index contributed by atoms with van der Waals surface area (Å²) in [5.74, 6) is -0.357. The van der Waals surface area contributed by atoms with E-state index in [-0.39, 0.29) is 5.91 Å². The molecule has 0 radical (unpaired) electrons. The van der Waals surface area contributed by atoms with Crippen molar-refractivity contribution < 1.29 is 4.79 Å². The fourth-order valence-electron chi connectivity index (χ4n) is 2.70. The van der Waals surface area contributed by atoms with Gasteiger partial charge in [-0.1, -0.05) is 19.1 Å². The molecule has 0 aromatic heterocycles. The van der Waals surface area contributed by atoms with Crippen molar-refractivity contribution in [2.75, 3.05) is 19.6 Å². The topological polar surface area (TPSA) is 58.4 Å². The third-order valence-corrected chi connectivity index (χ3v) is 3.79. The summed E-state index contributed by atoms with van der Waals surface area (Å²) in [7, 11) is 0. The number of hydrogen-bond acceptors (Lipinski definition) is 3. The summed E-state index contributed by atoms with van der Waals surface area (Å²) in [4.78, 5) is 13.7. The van der Waals surface area contributed by atoms with Crippen LogP contribution in [0.5, 0.6) is 0 Å². The van der Waals surface area contributed by atoms with Gasteiger partial charge in [-0.3, -0.25) is 9.69 Å². The molecule has 0 aliphatic carbocycles. The zero-order valence-electron chi connectivity index (χ0n) is 11.6. The summed E-state index contributed by atoms with van der Waals surface area (Å²) in [6.45, 7) is 6.28. The maximum absolute atomic E-state index is 11.2. The average molecular weight is 261 g/mol. The van der Waals surface area contributed by atoms with E-state index >= 15 is 0 Å². The molecule has 0 bridgehead atoms. The van der Waals surface area contributed by atoms with Crippen molar-refractivity contribution in [2.45, 2.75) is 32.4 Å². The second-order valence-corrected chi connectivity index (χ2v) is 5.13. The molecule has 1 aliphatic heterocycles. The molecule has 1 aromatic carbocycles. The first-order chi connectivity index (χ1) is 9.20. The molecular weight excluding hydrogens is 238 g/mol. The van der Waals surface area contributed by atoms with Gasteiger partial charge in [-0.25, -0.2) is 0 Å². The van der Waals surface area contributed by atoms with Gasteiger partial charge in [0.25, 0.3) is 0 Å². The van der Waals surface area contributed by atoms with Gasteiger partial charge in [0.1, 0.15) is 0 Å². The number of likely N-dealkylation sites (N-methyl/N-ethyl adjacent to an activating group) is 1. The molecule has 104 valence electrons. The highest BCUT2D eigenvalue weighted by Crippen LogP contribution is 2.15. The molecule has 1 atom stereocenters. The van der Waals surface area contributed by atoms with Crippen LogP contribution in [0.15, 0.2) is 24.3 Å². The molecule has 1 aliphatic rings. The highest BCUT2D eigenvalue weighted by Gasteiger charge is 2.19. The van der Waals surface area contributed by atoms with Crippen LogP contribution in [0.3, 0.4) is 0 Å². The van der Waals surface area contributed by atoms with E-state index in [1.807, 2.05) is 12.1 Å². The van der Waals surface area contributed by atoms with Crippen molar-refractivity contribution in [2.24, 2.45) is 5.73 Å². The second-order valence-electron chi connectivity index (χ2n) is 5.13. The Morgan fingerprint density at radius 2 is 2.37 bits per heavy atom. The van der Waals surface area contributed by atoms with Gasteiger partial charge in [0.15, 0.2) is 0 Å². The maximum Gasteiger partial charge on any atom is 0.248 e. The largest absolute Gasteiger partial charge is 0.366 e. The summed E-state index contributed by atoms with van der Waals surface area (Å²) >= 11 is 0. The van der Waals surface area contributed by atoms with Gasteiger partial charge in [-0.2, -0.15) is 0 Å². The molecule has 4 nitrogen and oxygen atoms in total. The molecule has 1 fully saturated rings. The van der Waals surface area contributed by atoms with E-state index in [1.165, 1.54) is 12.8 Å². The van der Waals surface area contributed by atoms with Crippen LogP contribution < -0.4 is 11.1 Å². The van der Waals surface area contributed by atoms with E-state index in [4.69, 9.17) is 5.73 Å². The standard InChI is InChI=1S/C15H23N3O/c1-2-18(14-7-4-8-17-10-14)11-12-5-3-6-13(9-12)15(16)19/h3,5-6,9,14,17H,2,4,7-8,10-11H2,1H3,(H2,16,19). The van der Waals surface area contributed by atoms with Crippen LogP contribution in [0.2, 0.25) is 0 Å². The predicted octanol–water partition coefficient (Wildman–Crippen LogP) is 1.36. The third-order valence-electron chi connectivity index (χ3n) is 3.79. The number of carbonyl (C=O) groups is 1. The van der Waals surface area contributed by atoms with E-state index in [0.29, 0.717) is 11.6 Å². The van der Waals surface area contributed by atoms with E-state index in [2.05, 4.69) is 23.2 Å². The Bertz CT molecular complexity index is 427. The second kappa shape index (κ2) is 6.68. The monoisotopic (exact) mass is 261 g/mol. The van der Waals surface area contributed by atoms with Crippen molar-refractivity contribution in [1.82, 2.24) is 10.2 Å². The first-order valence-electron chi connectivity index (χ1n) is 7.04. The zero-order valence-corrected chi connectivity index (χ0v) is 11.6. The van der Waals surface area contributed by atoms with Crippen LogP contribution in [0.25, 0.3) is 0 Å². The Morgan fingerprint density at radius 1 is 1.53 bits per heavy atom. The number of rotatable bonds is 5. The van der Waals surface area contributed by atoms with Crippen LogP contribution in [0, 0.1) is 0 Å². The Balaban J connectivity index is 2.04. The molecule has 1 amide bonds. The number of primary amides is 1. The van der Waals surface area contributed by atoms with Gasteiger partial charge in [-0.15, -0.1) is 0 Å². The third kappa shape index (κ3) is 3.78. The van der Waals surface area contributed by atoms with Gasteiger partial charge in [0.05, 0.1) is 0 Å². The van der Waals surface area contributed by atoms with E-state index in [0.717, 1.165) is 31.7 Å². The molecule has 1 heterocycles. The van der Waals surface area contributed by atoms with Gasteiger partial charge in [0.2, 0.25) is 5.91 Å². The van der Waals surface area contributed by atoms with Crippen LogP contribution in [-0.2, 0) is 6.54 Å². The van der Waals surface area contributed by atoms with Crippen molar-refractivity contribution in [3.63, 3.8) is 0 Å². The van der Waals surface area contributed by atoms with Gasteiger partial charge in [0, 0.05) is 24.7 Å². The maximum atomic E-state index is 11.2. The highest BCUT2D eigenvalue weighted by atomic mass is 16.1. The van der Waals surface area contributed by atoms with Crippen molar-refractivity contribution in [1.29, 1.82) is 0 Å². The average Bonchev–Trinajstić information content (AvgIpc) is 2.46. The smallest absolute Gasteiger partial charge is 0.248 e. The van der Waals surface area contributed by atoms with Crippen molar-refractivity contribution in [3.8, 4) is 0 Å². The van der Waals surface area contributed by atoms with Gasteiger partial charge in [-0.05, 0) is 43.6 Å². The fraction of sp³-hybridized carbons (Fsp3) is 0.533. The SMILES string of the molecule is CCN(Cc1cccc(C(N)=O)c1)C1CCCNC1. The summed E-state index contributed by atoms with van der Waals surface area (Å²) in [5.41, 5.74) is 7.08. The first kappa shape index (κ1) is 14.0. The lowest BCUT2D eigenvalue weighted by Crippen LogP contribution is -2.45. The summed E-state index contributed by atoms with van der Waals surface area (Å²) in [5, 5.41) is 3.45. The zero-order chi connectivity index (χ0) is 13.7. The molecule has 4 heteroatoms. The van der Waals surface area contributed by atoms with Crippen LogP contribution in [0.1, 0.15) is 35.7 Å². The lowest BCUT2D eigenvalue weighted by Gasteiger charge is -2.34. The Labute approximate surface area is 115 Å². The molecule has 19 heavy (non-hydrogen) atoms. The number of carbonyl (C=O) groups excluding carboxylic acids is 1. The van der Waals surface area contributed by atoms with Gasteiger partial charge < -0.3 is 11.1 Å². The van der Waals surface area contributed by atoms with Crippen LogP contribution in [0.4, 0.5) is 0 Å². The van der Waals surface area contributed by atoms with Crippen molar-refractivity contribution in [3.05, 3.63) is 35.4 Å². The highest BCUT2D eigenvalue weighted by molar-refractivity contribution is 5.92. The molecule has 3 N–H and O–H groups in total. The number of benzene rings is 1. The number of amides is 1. The molecule has 1 saturated heterocycles. The Morgan fingerprint density at radius 3 is 3.00 bits per heavy atom. The lowest BCUT2D eigenvalue weighted by molar-refractivity contribution is 0.1000. The number of nitrogens with one attached hydrogen (secondary N) is 1. The van der Waals surface area contributed by atoms with Crippen LogP contribution >= 0.6 is 0 Å². The van der Waals surface area contributed by atoms with E-state index in [1.54, 1.807) is 6.07 Å². The van der Waals surface area contributed by atoms with Crippen LogP contribution in [-0.4, -0.2) is 36.5 Å². The Hall–Kier alpha value is -1.39. The molecule has 1 aromatic rings.